The molecule has 3 rings (SSSR count). The third kappa shape index (κ3) is 4.91. The summed E-state index contributed by atoms with van der Waals surface area (Å²) in [5, 5.41) is 3.83. The molecule has 156 valence electrons. The van der Waals surface area contributed by atoms with Gasteiger partial charge < -0.3 is 5.32 Å². The topological polar surface area (TPSA) is 75.2 Å². The van der Waals surface area contributed by atoms with Crippen molar-refractivity contribution in [1.82, 2.24) is 15.3 Å². The summed E-state index contributed by atoms with van der Waals surface area (Å²) in [6, 6.07) is 12.0. The second kappa shape index (κ2) is 8.75. The molecule has 0 fully saturated rings. The summed E-state index contributed by atoms with van der Waals surface area (Å²) < 4.78 is 0. The third-order valence-electron chi connectivity index (χ3n) is 4.36. The van der Waals surface area contributed by atoms with Gasteiger partial charge in [0.2, 0.25) is 5.91 Å². The molecular weight excluding hydrogens is 396 g/mol. The monoisotopic (exact) mass is 422 g/mol. The number of rotatable bonds is 5. The Morgan fingerprint density at radius 2 is 1.77 bits per heavy atom. The zero-order valence-electron chi connectivity index (χ0n) is 17.8. The van der Waals surface area contributed by atoms with Crippen LogP contribution in [0.15, 0.2) is 54.9 Å². The largest absolute Gasteiger partial charge is 0.349 e. The molecule has 1 N–H and O–H groups in total. The molecule has 0 radical (unpaired) electrons. The van der Waals surface area contributed by atoms with Crippen molar-refractivity contribution in [3.63, 3.8) is 0 Å². The number of anilines is 1. The van der Waals surface area contributed by atoms with E-state index >= 15 is 0 Å². The van der Waals surface area contributed by atoms with Gasteiger partial charge in [0, 0.05) is 11.7 Å². The van der Waals surface area contributed by atoms with E-state index in [4.69, 9.17) is 0 Å². The molecule has 2 heterocycles. The van der Waals surface area contributed by atoms with E-state index in [0.717, 1.165) is 10.6 Å². The number of benzene rings is 1. The van der Waals surface area contributed by atoms with Crippen molar-refractivity contribution >= 4 is 28.8 Å². The number of amides is 2. The molecule has 0 bridgehead atoms. The van der Waals surface area contributed by atoms with E-state index in [1.54, 1.807) is 24.5 Å². The van der Waals surface area contributed by atoms with E-state index in [0.29, 0.717) is 16.3 Å². The first-order valence-corrected chi connectivity index (χ1v) is 10.5. The van der Waals surface area contributed by atoms with Crippen LogP contribution in [-0.4, -0.2) is 27.3 Å². The number of hydrogen-bond acceptors (Lipinski definition) is 5. The number of aryl methyl sites for hydroxylation is 2. The zero-order valence-corrected chi connectivity index (χ0v) is 18.7. The molecular formula is C23H26N4O2S. The molecule has 1 unspecified atom stereocenters. The smallest absolute Gasteiger partial charge is 0.271 e. The lowest BCUT2D eigenvalue weighted by Crippen LogP contribution is -2.49. The van der Waals surface area contributed by atoms with Gasteiger partial charge in [0.15, 0.2) is 0 Å². The van der Waals surface area contributed by atoms with E-state index in [-0.39, 0.29) is 11.8 Å². The van der Waals surface area contributed by atoms with Gasteiger partial charge in [0.05, 0.1) is 22.6 Å². The van der Waals surface area contributed by atoms with Crippen LogP contribution in [0.4, 0.5) is 5.69 Å². The molecule has 0 saturated heterocycles. The molecule has 0 aliphatic rings. The van der Waals surface area contributed by atoms with E-state index in [1.807, 2.05) is 65.0 Å². The van der Waals surface area contributed by atoms with Crippen molar-refractivity contribution in [2.75, 3.05) is 4.90 Å². The van der Waals surface area contributed by atoms with Gasteiger partial charge in [-0.1, -0.05) is 30.3 Å². The standard InChI is InChI=1S/C23H26N4O2S/c1-15-20(30-16(2)25-15)22(29)27(18-12-9-13-24-14-18)19(17-10-7-6-8-11-17)21(28)26-23(3,4)5/h6-14,19H,1-5H3,(H,26,28). The van der Waals surface area contributed by atoms with Gasteiger partial charge in [-0.2, -0.15) is 0 Å². The van der Waals surface area contributed by atoms with Crippen LogP contribution in [-0.2, 0) is 4.79 Å². The minimum Gasteiger partial charge on any atom is -0.349 e. The Morgan fingerprint density at radius 3 is 2.30 bits per heavy atom. The highest BCUT2D eigenvalue weighted by Gasteiger charge is 2.36. The third-order valence-corrected chi connectivity index (χ3v) is 5.42. The highest BCUT2D eigenvalue weighted by Crippen LogP contribution is 2.31. The highest BCUT2D eigenvalue weighted by atomic mass is 32.1. The molecule has 3 aromatic rings. The average molecular weight is 423 g/mol. The Morgan fingerprint density at radius 1 is 1.07 bits per heavy atom. The van der Waals surface area contributed by atoms with Crippen molar-refractivity contribution < 1.29 is 9.59 Å². The van der Waals surface area contributed by atoms with Crippen molar-refractivity contribution in [2.45, 2.75) is 46.2 Å². The van der Waals surface area contributed by atoms with Crippen LogP contribution in [0.2, 0.25) is 0 Å². The Balaban J connectivity index is 2.17. The fourth-order valence-electron chi connectivity index (χ4n) is 3.21. The molecule has 6 nitrogen and oxygen atoms in total. The number of hydrogen-bond donors (Lipinski definition) is 1. The van der Waals surface area contributed by atoms with Crippen LogP contribution < -0.4 is 10.2 Å². The van der Waals surface area contributed by atoms with Crippen molar-refractivity contribution in [1.29, 1.82) is 0 Å². The first kappa shape index (κ1) is 21.6. The van der Waals surface area contributed by atoms with Gasteiger partial charge in [0.1, 0.15) is 10.9 Å². The number of aromatic nitrogens is 2. The lowest BCUT2D eigenvalue weighted by atomic mass is 10.0. The summed E-state index contributed by atoms with van der Waals surface area (Å²) in [6.45, 7) is 9.43. The molecule has 7 heteroatoms. The number of thiazole rings is 1. The van der Waals surface area contributed by atoms with Crippen LogP contribution in [0.1, 0.15) is 52.7 Å². The van der Waals surface area contributed by atoms with Crippen LogP contribution in [0.5, 0.6) is 0 Å². The van der Waals surface area contributed by atoms with Gasteiger partial charge in [-0.3, -0.25) is 19.5 Å². The molecule has 2 amide bonds. The van der Waals surface area contributed by atoms with E-state index in [2.05, 4.69) is 15.3 Å². The normalized spacial score (nSPS) is 12.3. The van der Waals surface area contributed by atoms with E-state index in [9.17, 15) is 9.59 Å². The molecule has 0 spiro atoms. The van der Waals surface area contributed by atoms with Gasteiger partial charge >= 0.3 is 0 Å². The maximum absolute atomic E-state index is 13.8. The van der Waals surface area contributed by atoms with E-state index < -0.39 is 11.6 Å². The predicted molar refractivity (Wildman–Crippen MR) is 120 cm³/mol. The molecule has 0 aliphatic carbocycles. The predicted octanol–water partition coefficient (Wildman–Crippen LogP) is 4.46. The lowest BCUT2D eigenvalue weighted by molar-refractivity contribution is -0.123. The number of pyridine rings is 1. The van der Waals surface area contributed by atoms with Crippen molar-refractivity contribution in [2.24, 2.45) is 0 Å². The quantitative estimate of drug-likeness (QED) is 0.659. The number of nitrogens with zero attached hydrogens (tertiary/aromatic N) is 3. The lowest BCUT2D eigenvalue weighted by Gasteiger charge is -2.33. The van der Waals surface area contributed by atoms with Gasteiger partial charge in [0.25, 0.3) is 5.91 Å². The van der Waals surface area contributed by atoms with Crippen molar-refractivity contribution in [3.8, 4) is 0 Å². The summed E-state index contributed by atoms with van der Waals surface area (Å²) in [5.41, 5.74) is 1.46. The second-order valence-corrected chi connectivity index (χ2v) is 9.29. The number of nitrogens with one attached hydrogen (secondary N) is 1. The SMILES string of the molecule is Cc1nc(C)c(C(=O)N(c2cccnc2)C(C(=O)NC(C)(C)C)c2ccccc2)s1. The van der Waals surface area contributed by atoms with Gasteiger partial charge in [-0.15, -0.1) is 11.3 Å². The summed E-state index contributed by atoms with van der Waals surface area (Å²) >= 11 is 1.33. The summed E-state index contributed by atoms with van der Waals surface area (Å²) in [7, 11) is 0. The van der Waals surface area contributed by atoms with Gasteiger partial charge in [-0.05, 0) is 52.3 Å². The highest BCUT2D eigenvalue weighted by molar-refractivity contribution is 7.13. The van der Waals surface area contributed by atoms with Crippen LogP contribution in [0, 0.1) is 13.8 Å². The molecule has 1 atom stereocenters. The van der Waals surface area contributed by atoms with Crippen LogP contribution in [0.25, 0.3) is 0 Å². The van der Waals surface area contributed by atoms with Crippen LogP contribution >= 0.6 is 11.3 Å². The first-order valence-electron chi connectivity index (χ1n) is 9.72. The molecule has 30 heavy (non-hydrogen) atoms. The fourth-order valence-corrected chi connectivity index (χ4v) is 4.07. The maximum atomic E-state index is 13.8. The van der Waals surface area contributed by atoms with Gasteiger partial charge in [-0.25, -0.2) is 4.98 Å². The Bertz CT molecular complexity index is 1030. The molecule has 0 aliphatic heterocycles. The Kier molecular flexibility index (Phi) is 6.31. The first-order chi connectivity index (χ1) is 14.2. The Hall–Kier alpha value is -3.06. The summed E-state index contributed by atoms with van der Waals surface area (Å²) in [6.07, 6.45) is 3.24. The van der Waals surface area contributed by atoms with Crippen molar-refractivity contribution in [3.05, 3.63) is 76.0 Å². The summed E-state index contributed by atoms with van der Waals surface area (Å²) in [4.78, 5) is 37.8. The zero-order chi connectivity index (χ0) is 21.9. The molecule has 0 saturated carbocycles. The average Bonchev–Trinajstić information content (AvgIpc) is 3.03. The van der Waals surface area contributed by atoms with E-state index in [1.165, 1.54) is 16.2 Å². The molecule has 2 aromatic heterocycles. The minimum atomic E-state index is -0.857. The van der Waals surface area contributed by atoms with Crippen LogP contribution in [0.3, 0.4) is 0 Å². The summed E-state index contributed by atoms with van der Waals surface area (Å²) in [5.74, 6) is -0.534. The fraction of sp³-hybridized carbons (Fsp3) is 0.304. The molecule has 1 aromatic carbocycles. The number of carbonyl (C=O) groups excluding carboxylic acids is 2. The second-order valence-electron chi connectivity index (χ2n) is 8.09. The number of carbonyl (C=O) groups is 2. The Labute approximate surface area is 181 Å². The maximum Gasteiger partial charge on any atom is 0.271 e. The minimum absolute atomic E-state index is 0.259.